The van der Waals surface area contributed by atoms with E-state index in [4.69, 9.17) is 15.3 Å². The van der Waals surface area contributed by atoms with Gasteiger partial charge in [-0.2, -0.15) is 0 Å². The van der Waals surface area contributed by atoms with Gasteiger partial charge in [0, 0.05) is 0 Å². The molecule has 1 atom stereocenters. The van der Waals surface area contributed by atoms with Crippen LogP contribution in [-0.2, 0) is 14.4 Å². The molecule has 0 radical (unpaired) electrons. The quantitative estimate of drug-likeness (QED) is 0.336. The summed E-state index contributed by atoms with van der Waals surface area (Å²) in [7, 11) is 0. The van der Waals surface area contributed by atoms with Crippen LogP contribution in [0.25, 0.3) is 0 Å². The number of ketones is 2. The average molecular weight is 176 g/mol. The molecule has 0 rings (SSSR count). The molecule has 0 bridgehead atoms. The van der Waals surface area contributed by atoms with Crippen molar-refractivity contribution in [2.75, 3.05) is 6.61 Å². The second-order valence-corrected chi connectivity index (χ2v) is 2.29. The Morgan fingerprint density at radius 1 is 1.33 bits per heavy atom. The Bertz CT molecular complexity index is 228. The third kappa shape index (κ3) is 1.86. The zero-order valence-corrected chi connectivity index (χ0v) is 6.27. The van der Waals surface area contributed by atoms with Gasteiger partial charge in [-0.15, -0.1) is 0 Å². The molecule has 1 unspecified atom stereocenters. The van der Waals surface area contributed by atoms with E-state index >= 15 is 0 Å². The van der Waals surface area contributed by atoms with E-state index < -0.39 is 29.7 Å². The number of carboxylic acids is 1. The Kier molecular flexibility index (Phi) is 3.06. The van der Waals surface area contributed by atoms with Crippen LogP contribution in [-0.4, -0.2) is 45.1 Å². The Balaban J connectivity index is 4.69. The lowest BCUT2D eigenvalue weighted by Crippen LogP contribution is -2.48. The predicted molar refractivity (Wildman–Crippen MR) is 35.4 cm³/mol. The first-order chi connectivity index (χ1) is 5.34. The summed E-state index contributed by atoms with van der Waals surface area (Å²) in [6, 6.07) is 0. The van der Waals surface area contributed by atoms with Gasteiger partial charge >= 0.3 is 5.97 Å². The maximum atomic E-state index is 10.7. The van der Waals surface area contributed by atoms with Crippen molar-refractivity contribution in [3.8, 4) is 0 Å². The smallest absolute Gasteiger partial charge is 0.343 e. The number of aliphatic carboxylic acids is 1. The van der Waals surface area contributed by atoms with E-state index in [2.05, 4.69) is 0 Å². The summed E-state index contributed by atoms with van der Waals surface area (Å²) in [5.41, 5.74) is -2.75. The van der Waals surface area contributed by atoms with Crippen molar-refractivity contribution in [3.63, 3.8) is 0 Å². The van der Waals surface area contributed by atoms with Crippen LogP contribution >= 0.6 is 0 Å². The summed E-state index contributed by atoms with van der Waals surface area (Å²) in [6.07, 6.45) is 0. The molecule has 0 fully saturated rings. The van der Waals surface area contributed by atoms with Gasteiger partial charge in [0.2, 0.25) is 17.2 Å². The minimum Gasteiger partial charge on any atom is -0.479 e. The average Bonchev–Trinajstić information content (AvgIpc) is 2.01. The fraction of sp³-hybridized carbons (Fsp3) is 0.500. The molecule has 0 aliphatic carbocycles. The fourth-order valence-electron chi connectivity index (χ4n) is 0.440. The molecular formula is C6H8O6. The van der Waals surface area contributed by atoms with E-state index in [1.807, 2.05) is 0 Å². The van der Waals surface area contributed by atoms with Crippen molar-refractivity contribution < 1.29 is 29.7 Å². The summed E-state index contributed by atoms with van der Waals surface area (Å²) in [4.78, 5) is 31.3. The van der Waals surface area contributed by atoms with Crippen molar-refractivity contribution in [1.29, 1.82) is 0 Å². The molecule has 68 valence electrons. The SMILES string of the molecule is CC(O)(C(=O)O)C(=O)C(=O)CO. The van der Waals surface area contributed by atoms with Gasteiger partial charge in [-0.25, -0.2) is 4.79 Å². The second kappa shape index (κ2) is 3.42. The molecule has 0 heterocycles. The van der Waals surface area contributed by atoms with Gasteiger partial charge < -0.3 is 15.3 Å². The molecule has 3 N–H and O–H groups in total. The van der Waals surface area contributed by atoms with Crippen LogP contribution in [0.2, 0.25) is 0 Å². The number of hydrogen-bond donors (Lipinski definition) is 3. The highest BCUT2D eigenvalue weighted by Crippen LogP contribution is 2.05. The number of carboxylic acid groups (broad SMARTS) is 1. The van der Waals surface area contributed by atoms with Gasteiger partial charge in [0.25, 0.3) is 0 Å². The van der Waals surface area contributed by atoms with E-state index in [1.165, 1.54) is 0 Å². The highest BCUT2D eigenvalue weighted by molar-refractivity contribution is 6.44. The van der Waals surface area contributed by atoms with Crippen molar-refractivity contribution in [3.05, 3.63) is 0 Å². The largest absolute Gasteiger partial charge is 0.479 e. The van der Waals surface area contributed by atoms with Crippen LogP contribution in [0.1, 0.15) is 6.92 Å². The van der Waals surface area contributed by atoms with E-state index in [0.717, 1.165) is 0 Å². The topological polar surface area (TPSA) is 112 Å². The monoisotopic (exact) mass is 176 g/mol. The molecule has 0 saturated heterocycles. The van der Waals surface area contributed by atoms with Gasteiger partial charge in [-0.05, 0) is 6.92 Å². The zero-order valence-electron chi connectivity index (χ0n) is 6.27. The Labute approximate surface area is 67.4 Å². The zero-order chi connectivity index (χ0) is 9.94. The van der Waals surface area contributed by atoms with Crippen molar-refractivity contribution in [1.82, 2.24) is 0 Å². The lowest BCUT2D eigenvalue weighted by molar-refractivity contribution is -0.166. The Morgan fingerprint density at radius 2 is 1.75 bits per heavy atom. The molecule has 0 aliphatic rings. The number of hydrogen-bond acceptors (Lipinski definition) is 5. The maximum Gasteiger partial charge on any atom is 0.343 e. The summed E-state index contributed by atoms with van der Waals surface area (Å²) >= 11 is 0. The highest BCUT2D eigenvalue weighted by Gasteiger charge is 2.42. The third-order valence-corrected chi connectivity index (χ3v) is 1.26. The maximum absolute atomic E-state index is 10.7. The molecule has 0 spiro atoms. The summed E-state index contributed by atoms with van der Waals surface area (Å²) in [5, 5.41) is 25.3. The number of carbonyl (C=O) groups excluding carboxylic acids is 2. The molecular weight excluding hydrogens is 168 g/mol. The predicted octanol–water partition coefficient (Wildman–Crippen LogP) is -2.05. The molecule has 0 aliphatic heterocycles. The summed E-state index contributed by atoms with van der Waals surface area (Å²) in [6.45, 7) is -0.437. The van der Waals surface area contributed by atoms with Crippen molar-refractivity contribution in [2.24, 2.45) is 0 Å². The first kappa shape index (κ1) is 10.7. The van der Waals surface area contributed by atoms with E-state index in [0.29, 0.717) is 6.92 Å². The van der Waals surface area contributed by atoms with E-state index in [9.17, 15) is 14.4 Å². The Hall–Kier alpha value is -1.27. The Morgan fingerprint density at radius 3 is 2.00 bits per heavy atom. The third-order valence-electron chi connectivity index (χ3n) is 1.26. The first-order valence-electron chi connectivity index (χ1n) is 2.98. The number of rotatable bonds is 4. The first-order valence-corrected chi connectivity index (χ1v) is 2.98. The van der Waals surface area contributed by atoms with Crippen LogP contribution in [0, 0.1) is 0 Å². The molecule has 6 nitrogen and oxygen atoms in total. The molecule has 0 saturated carbocycles. The lowest BCUT2D eigenvalue weighted by Gasteiger charge is -2.13. The van der Waals surface area contributed by atoms with Crippen LogP contribution in [0.15, 0.2) is 0 Å². The molecule has 0 aromatic carbocycles. The highest BCUT2D eigenvalue weighted by atomic mass is 16.4. The van der Waals surface area contributed by atoms with Gasteiger partial charge in [0.05, 0.1) is 0 Å². The lowest BCUT2D eigenvalue weighted by atomic mass is 9.98. The van der Waals surface area contributed by atoms with Gasteiger partial charge in [0.15, 0.2) is 0 Å². The van der Waals surface area contributed by atoms with Crippen molar-refractivity contribution in [2.45, 2.75) is 12.5 Å². The minimum absolute atomic E-state index is 0.672. The van der Waals surface area contributed by atoms with Crippen LogP contribution < -0.4 is 0 Å². The van der Waals surface area contributed by atoms with Gasteiger partial charge in [-0.1, -0.05) is 0 Å². The van der Waals surface area contributed by atoms with E-state index in [1.54, 1.807) is 0 Å². The molecule has 6 heteroatoms. The molecule has 0 aromatic heterocycles. The normalized spacial score (nSPS) is 14.9. The minimum atomic E-state index is -2.75. The van der Waals surface area contributed by atoms with Crippen LogP contribution in [0.3, 0.4) is 0 Å². The van der Waals surface area contributed by atoms with E-state index in [-0.39, 0.29) is 0 Å². The van der Waals surface area contributed by atoms with Gasteiger partial charge in [-0.3, -0.25) is 9.59 Å². The number of aliphatic hydroxyl groups is 2. The second-order valence-electron chi connectivity index (χ2n) is 2.29. The summed E-state index contributed by atoms with van der Waals surface area (Å²) < 4.78 is 0. The number of aliphatic hydroxyl groups excluding tert-OH is 1. The summed E-state index contributed by atoms with van der Waals surface area (Å²) in [5.74, 6) is -4.69. The number of carbonyl (C=O) groups is 3. The van der Waals surface area contributed by atoms with Gasteiger partial charge in [0.1, 0.15) is 6.61 Å². The standard InChI is InChI=1S/C6H8O6/c1-6(12,5(10)11)4(9)3(8)2-7/h7,12H,2H2,1H3,(H,10,11). The fourth-order valence-corrected chi connectivity index (χ4v) is 0.440. The van der Waals surface area contributed by atoms with Crippen molar-refractivity contribution >= 4 is 17.5 Å². The number of Topliss-reactive ketones (excluding diaryl/α,β-unsaturated/α-hetero) is 2. The molecule has 0 aromatic rings. The van der Waals surface area contributed by atoms with Crippen LogP contribution in [0.5, 0.6) is 0 Å². The molecule has 0 amide bonds. The molecule has 12 heavy (non-hydrogen) atoms. The van der Waals surface area contributed by atoms with Crippen LogP contribution in [0.4, 0.5) is 0 Å².